The summed E-state index contributed by atoms with van der Waals surface area (Å²) in [6, 6.07) is 4.56. The first kappa shape index (κ1) is 11.5. The van der Waals surface area contributed by atoms with Crippen LogP contribution in [0.15, 0.2) is 18.2 Å². The van der Waals surface area contributed by atoms with Crippen LogP contribution >= 0.6 is 0 Å². The van der Waals surface area contributed by atoms with E-state index in [2.05, 4.69) is 15.4 Å². The van der Waals surface area contributed by atoms with Crippen LogP contribution in [0.25, 0.3) is 0 Å². The van der Waals surface area contributed by atoms with Gasteiger partial charge in [0.25, 0.3) is 0 Å². The van der Waals surface area contributed by atoms with E-state index in [-0.39, 0.29) is 19.0 Å². The Balaban J connectivity index is 2.11. The number of hydrogen-bond acceptors (Lipinski definition) is 5. The van der Waals surface area contributed by atoms with Gasteiger partial charge in [0.15, 0.2) is 6.61 Å². The van der Waals surface area contributed by atoms with Crippen LogP contribution in [0, 0.1) is 5.82 Å². The number of nitrogens with zero attached hydrogens (tertiary/aromatic N) is 4. The van der Waals surface area contributed by atoms with Crippen molar-refractivity contribution in [2.24, 2.45) is 12.8 Å². The van der Waals surface area contributed by atoms with E-state index in [9.17, 15) is 4.39 Å². The molecule has 0 amide bonds. The predicted octanol–water partition coefficient (Wildman–Crippen LogP) is 0.387. The lowest BCUT2D eigenvalue weighted by Crippen LogP contribution is -2.06. The second-order valence-corrected chi connectivity index (χ2v) is 3.40. The van der Waals surface area contributed by atoms with Crippen molar-refractivity contribution >= 4 is 0 Å². The van der Waals surface area contributed by atoms with E-state index in [0.717, 1.165) is 0 Å². The molecule has 0 radical (unpaired) electrons. The molecule has 2 aromatic rings. The molecular weight excluding hydrogens is 225 g/mol. The molecule has 0 unspecified atom stereocenters. The third-order valence-electron chi connectivity index (χ3n) is 2.19. The fourth-order valence-corrected chi connectivity index (χ4v) is 1.40. The summed E-state index contributed by atoms with van der Waals surface area (Å²) in [6.45, 7) is 0.209. The summed E-state index contributed by atoms with van der Waals surface area (Å²) >= 11 is 0. The molecule has 17 heavy (non-hydrogen) atoms. The summed E-state index contributed by atoms with van der Waals surface area (Å²) in [5.41, 5.74) is 5.80. The van der Waals surface area contributed by atoms with Crippen LogP contribution < -0.4 is 10.5 Å². The van der Waals surface area contributed by atoms with E-state index < -0.39 is 0 Å². The number of rotatable bonds is 4. The molecular formula is C10H12FN5O. The summed E-state index contributed by atoms with van der Waals surface area (Å²) in [4.78, 5) is 1.33. The lowest BCUT2D eigenvalue weighted by Gasteiger charge is -2.08. The van der Waals surface area contributed by atoms with Crippen LogP contribution in [0.2, 0.25) is 0 Å². The van der Waals surface area contributed by atoms with Crippen molar-refractivity contribution in [3.05, 3.63) is 35.4 Å². The van der Waals surface area contributed by atoms with Crippen LogP contribution in [0.1, 0.15) is 11.4 Å². The van der Waals surface area contributed by atoms with Gasteiger partial charge in [-0.05, 0) is 17.3 Å². The molecule has 2 rings (SSSR count). The predicted molar refractivity (Wildman–Crippen MR) is 57.4 cm³/mol. The van der Waals surface area contributed by atoms with E-state index in [1.165, 1.54) is 10.9 Å². The van der Waals surface area contributed by atoms with Gasteiger partial charge in [0.05, 0.1) is 7.05 Å². The Morgan fingerprint density at radius 2 is 2.29 bits per heavy atom. The molecule has 2 N–H and O–H groups in total. The van der Waals surface area contributed by atoms with Crippen molar-refractivity contribution in [3.8, 4) is 5.75 Å². The second kappa shape index (κ2) is 4.88. The summed E-state index contributed by atoms with van der Waals surface area (Å²) in [6.07, 6.45) is 0. The molecule has 1 aromatic carbocycles. The molecule has 0 aliphatic rings. The van der Waals surface area contributed by atoms with Crippen LogP contribution in [0.4, 0.5) is 4.39 Å². The Bertz CT molecular complexity index is 513. The van der Waals surface area contributed by atoms with Gasteiger partial charge >= 0.3 is 0 Å². The van der Waals surface area contributed by atoms with E-state index in [1.54, 1.807) is 19.2 Å². The molecule has 0 fully saturated rings. The zero-order valence-corrected chi connectivity index (χ0v) is 9.30. The third-order valence-corrected chi connectivity index (χ3v) is 2.19. The highest BCUT2D eigenvalue weighted by atomic mass is 19.1. The Hall–Kier alpha value is -2.02. The molecule has 6 nitrogen and oxygen atoms in total. The van der Waals surface area contributed by atoms with Crippen molar-refractivity contribution in [1.82, 2.24) is 20.2 Å². The van der Waals surface area contributed by atoms with Crippen molar-refractivity contribution in [2.45, 2.75) is 13.2 Å². The highest BCUT2D eigenvalue weighted by molar-refractivity contribution is 5.34. The van der Waals surface area contributed by atoms with Gasteiger partial charge in [-0.25, -0.2) is 4.39 Å². The minimum absolute atomic E-state index is 0.0793. The van der Waals surface area contributed by atoms with Gasteiger partial charge in [-0.2, -0.15) is 4.80 Å². The number of tetrazole rings is 1. The molecule has 0 atom stereocenters. The van der Waals surface area contributed by atoms with Crippen LogP contribution in [0.3, 0.4) is 0 Å². The summed E-state index contributed by atoms with van der Waals surface area (Å²) in [7, 11) is 1.66. The van der Waals surface area contributed by atoms with E-state index in [1.807, 2.05) is 0 Å². The standard InChI is InChI=1S/C10H12FN5O/c1-16-14-10(13-15-16)6-17-9-4-2-3-8(11)7(9)5-12/h2-4H,5-6,12H2,1H3. The SMILES string of the molecule is Cn1nnc(COc2cccc(F)c2CN)n1. The van der Waals surface area contributed by atoms with Crippen molar-refractivity contribution in [3.63, 3.8) is 0 Å². The molecule has 0 spiro atoms. The van der Waals surface area contributed by atoms with E-state index in [0.29, 0.717) is 17.1 Å². The van der Waals surface area contributed by atoms with Gasteiger partial charge in [0.2, 0.25) is 5.82 Å². The first-order chi connectivity index (χ1) is 8.20. The average Bonchev–Trinajstić information content (AvgIpc) is 2.72. The Kier molecular flexibility index (Phi) is 3.29. The summed E-state index contributed by atoms with van der Waals surface area (Å²) in [5.74, 6) is 0.455. The van der Waals surface area contributed by atoms with Crippen LogP contribution in [-0.4, -0.2) is 20.2 Å². The number of benzene rings is 1. The fourth-order valence-electron chi connectivity index (χ4n) is 1.40. The van der Waals surface area contributed by atoms with Gasteiger partial charge < -0.3 is 10.5 Å². The highest BCUT2D eigenvalue weighted by Crippen LogP contribution is 2.21. The number of nitrogens with two attached hydrogens (primary N) is 1. The van der Waals surface area contributed by atoms with Crippen LogP contribution in [-0.2, 0) is 20.2 Å². The normalized spacial score (nSPS) is 10.5. The molecule has 1 heterocycles. The third kappa shape index (κ3) is 2.56. The Labute approximate surface area is 97.2 Å². The second-order valence-electron chi connectivity index (χ2n) is 3.40. The minimum Gasteiger partial charge on any atom is -0.485 e. The largest absolute Gasteiger partial charge is 0.485 e. The maximum absolute atomic E-state index is 13.4. The first-order valence-corrected chi connectivity index (χ1v) is 5.04. The van der Waals surface area contributed by atoms with Crippen molar-refractivity contribution in [2.75, 3.05) is 0 Å². The molecule has 1 aromatic heterocycles. The first-order valence-electron chi connectivity index (χ1n) is 5.04. The van der Waals surface area contributed by atoms with Gasteiger partial charge in [0.1, 0.15) is 11.6 Å². The number of aryl methyl sites for hydroxylation is 1. The van der Waals surface area contributed by atoms with Crippen molar-refractivity contribution < 1.29 is 9.13 Å². The summed E-state index contributed by atoms with van der Waals surface area (Å²) in [5, 5.41) is 11.4. The maximum Gasteiger partial charge on any atom is 0.212 e. The number of aromatic nitrogens is 4. The molecule has 0 saturated carbocycles. The minimum atomic E-state index is -0.378. The average molecular weight is 237 g/mol. The highest BCUT2D eigenvalue weighted by Gasteiger charge is 2.09. The lowest BCUT2D eigenvalue weighted by molar-refractivity contribution is 0.290. The van der Waals surface area contributed by atoms with E-state index in [4.69, 9.17) is 10.5 Å². The lowest BCUT2D eigenvalue weighted by atomic mass is 10.2. The smallest absolute Gasteiger partial charge is 0.212 e. The maximum atomic E-state index is 13.4. The van der Waals surface area contributed by atoms with Gasteiger partial charge in [-0.3, -0.25) is 0 Å². The number of hydrogen-bond donors (Lipinski definition) is 1. The topological polar surface area (TPSA) is 78.8 Å². The number of halogens is 1. The Morgan fingerprint density at radius 1 is 1.47 bits per heavy atom. The van der Waals surface area contributed by atoms with Crippen molar-refractivity contribution in [1.29, 1.82) is 0 Å². The molecule has 0 saturated heterocycles. The van der Waals surface area contributed by atoms with Gasteiger partial charge in [0, 0.05) is 12.1 Å². The molecule has 0 aliphatic carbocycles. The number of ether oxygens (including phenoxy) is 1. The van der Waals surface area contributed by atoms with E-state index >= 15 is 0 Å². The molecule has 0 aliphatic heterocycles. The monoisotopic (exact) mass is 237 g/mol. The molecule has 0 bridgehead atoms. The van der Waals surface area contributed by atoms with Crippen LogP contribution in [0.5, 0.6) is 5.75 Å². The zero-order chi connectivity index (χ0) is 12.3. The quantitative estimate of drug-likeness (QED) is 0.832. The molecule has 7 heteroatoms. The van der Waals surface area contributed by atoms with Gasteiger partial charge in [-0.1, -0.05) is 6.07 Å². The Morgan fingerprint density at radius 3 is 2.94 bits per heavy atom. The summed E-state index contributed by atoms with van der Waals surface area (Å²) < 4.78 is 18.8. The molecule has 90 valence electrons. The fraction of sp³-hybridized carbons (Fsp3) is 0.300. The zero-order valence-electron chi connectivity index (χ0n) is 9.30. The van der Waals surface area contributed by atoms with Gasteiger partial charge in [-0.15, -0.1) is 10.2 Å².